The monoisotopic (exact) mass is 277 g/mol. The molecule has 0 fully saturated rings. The maximum absolute atomic E-state index is 5.91. The van der Waals surface area contributed by atoms with Crippen molar-refractivity contribution < 1.29 is 4.74 Å². The number of nitrogens with one attached hydrogen (secondary N) is 1. The van der Waals surface area contributed by atoms with Crippen molar-refractivity contribution in [2.75, 3.05) is 13.2 Å². The third-order valence-electron chi connectivity index (χ3n) is 3.63. The Balaban J connectivity index is 2.45. The molecule has 0 radical (unpaired) electrons. The summed E-state index contributed by atoms with van der Waals surface area (Å²) < 4.78 is 5.91. The van der Waals surface area contributed by atoms with Crippen LogP contribution in [0.15, 0.2) is 18.2 Å². The van der Waals surface area contributed by atoms with Crippen molar-refractivity contribution in [1.82, 2.24) is 5.32 Å². The summed E-state index contributed by atoms with van der Waals surface area (Å²) >= 11 is 0. The minimum Gasteiger partial charge on any atom is -0.493 e. The maximum Gasteiger partial charge on any atom is 0.122 e. The predicted octanol–water partition coefficient (Wildman–Crippen LogP) is 4.45. The summed E-state index contributed by atoms with van der Waals surface area (Å²) in [4.78, 5) is 0. The molecule has 0 aliphatic heterocycles. The Labute approximate surface area is 124 Å². The van der Waals surface area contributed by atoms with Crippen molar-refractivity contribution in [3.05, 3.63) is 29.3 Å². The molecule has 2 nitrogen and oxygen atoms in total. The average molecular weight is 277 g/mol. The number of hydrogen-bond donors (Lipinski definition) is 1. The van der Waals surface area contributed by atoms with Crippen LogP contribution >= 0.6 is 0 Å². The van der Waals surface area contributed by atoms with Gasteiger partial charge in [0.05, 0.1) is 6.61 Å². The van der Waals surface area contributed by atoms with Gasteiger partial charge in [-0.2, -0.15) is 0 Å². The van der Waals surface area contributed by atoms with E-state index in [1.54, 1.807) is 0 Å². The molecule has 0 aliphatic rings. The quantitative estimate of drug-likeness (QED) is 0.743. The van der Waals surface area contributed by atoms with Crippen LogP contribution in [0.1, 0.15) is 58.6 Å². The summed E-state index contributed by atoms with van der Waals surface area (Å²) in [6.45, 7) is 15.1. The lowest BCUT2D eigenvalue weighted by Crippen LogP contribution is -2.25. The van der Waals surface area contributed by atoms with Crippen LogP contribution < -0.4 is 10.1 Å². The molecule has 1 N–H and O–H groups in total. The zero-order chi connectivity index (χ0) is 15.2. The van der Waals surface area contributed by atoms with Crippen LogP contribution in [0.4, 0.5) is 0 Å². The average Bonchev–Trinajstić information content (AvgIpc) is 2.35. The summed E-state index contributed by atoms with van der Waals surface area (Å²) in [6.07, 6.45) is 2.25. The highest BCUT2D eigenvalue weighted by atomic mass is 16.5. The van der Waals surface area contributed by atoms with E-state index in [4.69, 9.17) is 4.74 Å². The molecule has 0 aliphatic carbocycles. The van der Waals surface area contributed by atoms with E-state index in [0.29, 0.717) is 6.04 Å². The lowest BCUT2D eigenvalue weighted by molar-refractivity contribution is 0.296. The smallest absolute Gasteiger partial charge is 0.122 e. The van der Waals surface area contributed by atoms with Gasteiger partial charge in [0, 0.05) is 6.04 Å². The lowest BCUT2D eigenvalue weighted by Gasteiger charge is -2.20. The molecule has 20 heavy (non-hydrogen) atoms. The van der Waals surface area contributed by atoms with Crippen LogP contribution in [-0.4, -0.2) is 19.2 Å². The van der Waals surface area contributed by atoms with Gasteiger partial charge in [0.2, 0.25) is 0 Å². The first-order valence-electron chi connectivity index (χ1n) is 7.82. The number of rotatable bonds is 7. The molecular formula is C18H31NO. The zero-order valence-electron chi connectivity index (χ0n) is 14.0. The SMILES string of the molecule is CCNC(C)CCCOc1ccc(C(C)(C)C)cc1C. The molecule has 1 aromatic rings. The van der Waals surface area contributed by atoms with Gasteiger partial charge in [-0.15, -0.1) is 0 Å². The molecule has 1 rings (SSSR count). The topological polar surface area (TPSA) is 21.3 Å². The lowest BCUT2D eigenvalue weighted by atomic mass is 9.86. The largest absolute Gasteiger partial charge is 0.493 e. The number of benzene rings is 1. The molecular weight excluding hydrogens is 246 g/mol. The van der Waals surface area contributed by atoms with Gasteiger partial charge in [0.1, 0.15) is 5.75 Å². The normalized spacial score (nSPS) is 13.3. The van der Waals surface area contributed by atoms with Gasteiger partial charge in [-0.3, -0.25) is 0 Å². The Kier molecular flexibility index (Phi) is 6.54. The second-order valence-corrected chi connectivity index (χ2v) is 6.68. The molecule has 2 heteroatoms. The molecule has 1 aromatic carbocycles. The minimum atomic E-state index is 0.199. The molecule has 0 heterocycles. The Morgan fingerprint density at radius 1 is 1.25 bits per heavy atom. The standard InChI is InChI=1S/C18H31NO/c1-7-19-15(3)9-8-12-20-17-11-10-16(13-14(17)2)18(4,5)6/h10-11,13,15,19H,7-9,12H2,1-6H3. The van der Waals surface area contributed by atoms with Crippen molar-refractivity contribution in [2.45, 2.75) is 65.8 Å². The summed E-state index contributed by atoms with van der Waals surface area (Å²) in [5, 5.41) is 3.42. The molecule has 1 atom stereocenters. The molecule has 0 saturated heterocycles. The summed E-state index contributed by atoms with van der Waals surface area (Å²) in [6, 6.07) is 7.12. The predicted molar refractivity (Wildman–Crippen MR) is 87.7 cm³/mol. The van der Waals surface area contributed by atoms with Crippen LogP contribution in [-0.2, 0) is 5.41 Å². The van der Waals surface area contributed by atoms with Crippen molar-refractivity contribution in [3.63, 3.8) is 0 Å². The summed E-state index contributed by atoms with van der Waals surface area (Å²) in [7, 11) is 0. The van der Waals surface area contributed by atoms with Gasteiger partial charge in [0.15, 0.2) is 0 Å². The van der Waals surface area contributed by atoms with Crippen molar-refractivity contribution in [2.24, 2.45) is 0 Å². The van der Waals surface area contributed by atoms with Crippen LogP contribution in [0.2, 0.25) is 0 Å². The zero-order valence-corrected chi connectivity index (χ0v) is 14.0. The van der Waals surface area contributed by atoms with Crippen LogP contribution in [0.3, 0.4) is 0 Å². The molecule has 0 saturated carbocycles. The molecule has 1 unspecified atom stereocenters. The van der Waals surface area contributed by atoms with Gasteiger partial charge < -0.3 is 10.1 Å². The molecule has 0 amide bonds. The Bertz CT molecular complexity index is 406. The summed E-state index contributed by atoms with van der Waals surface area (Å²) in [5.41, 5.74) is 2.80. The Morgan fingerprint density at radius 3 is 2.50 bits per heavy atom. The van der Waals surface area contributed by atoms with E-state index < -0.39 is 0 Å². The first kappa shape index (κ1) is 17.0. The van der Waals surface area contributed by atoms with Crippen LogP contribution in [0, 0.1) is 6.92 Å². The van der Waals surface area contributed by atoms with E-state index in [0.717, 1.165) is 31.7 Å². The molecule has 0 spiro atoms. The van der Waals surface area contributed by atoms with Gasteiger partial charge >= 0.3 is 0 Å². The maximum atomic E-state index is 5.91. The number of aryl methyl sites for hydroxylation is 1. The number of ether oxygens (including phenoxy) is 1. The van der Waals surface area contributed by atoms with Crippen molar-refractivity contribution in [3.8, 4) is 5.75 Å². The van der Waals surface area contributed by atoms with E-state index in [9.17, 15) is 0 Å². The van der Waals surface area contributed by atoms with E-state index in [1.807, 2.05) is 0 Å². The van der Waals surface area contributed by atoms with Crippen LogP contribution in [0.25, 0.3) is 0 Å². The van der Waals surface area contributed by atoms with Crippen LogP contribution in [0.5, 0.6) is 5.75 Å². The van der Waals surface area contributed by atoms with Crippen molar-refractivity contribution >= 4 is 0 Å². The molecule has 0 aromatic heterocycles. The molecule has 114 valence electrons. The number of hydrogen-bond acceptors (Lipinski definition) is 2. The molecule has 0 bridgehead atoms. The Hall–Kier alpha value is -1.02. The van der Waals surface area contributed by atoms with E-state index in [-0.39, 0.29) is 5.41 Å². The van der Waals surface area contributed by atoms with Gasteiger partial charge in [-0.05, 0) is 55.8 Å². The fourth-order valence-electron chi connectivity index (χ4n) is 2.30. The van der Waals surface area contributed by atoms with Gasteiger partial charge in [-0.25, -0.2) is 0 Å². The second kappa shape index (κ2) is 7.68. The highest BCUT2D eigenvalue weighted by molar-refractivity contribution is 5.38. The second-order valence-electron chi connectivity index (χ2n) is 6.68. The highest BCUT2D eigenvalue weighted by Gasteiger charge is 2.14. The fraction of sp³-hybridized carbons (Fsp3) is 0.667. The minimum absolute atomic E-state index is 0.199. The van der Waals surface area contributed by atoms with E-state index in [2.05, 4.69) is 65.1 Å². The summed E-state index contributed by atoms with van der Waals surface area (Å²) in [5.74, 6) is 1.02. The first-order chi connectivity index (χ1) is 9.34. The Morgan fingerprint density at radius 2 is 1.95 bits per heavy atom. The van der Waals surface area contributed by atoms with Gasteiger partial charge in [0.25, 0.3) is 0 Å². The highest BCUT2D eigenvalue weighted by Crippen LogP contribution is 2.27. The third kappa shape index (κ3) is 5.54. The fourth-order valence-corrected chi connectivity index (χ4v) is 2.30. The third-order valence-corrected chi connectivity index (χ3v) is 3.63. The van der Waals surface area contributed by atoms with Crippen molar-refractivity contribution in [1.29, 1.82) is 0 Å². The van der Waals surface area contributed by atoms with E-state index in [1.165, 1.54) is 11.1 Å². The van der Waals surface area contributed by atoms with Gasteiger partial charge in [-0.1, -0.05) is 39.8 Å². The first-order valence-corrected chi connectivity index (χ1v) is 7.82. The van der Waals surface area contributed by atoms with E-state index >= 15 is 0 Å².